The Kier molecular flexibility index (Phi) is 4.54. The topological polar surface area (TPSA) is 86.7 Å². The van der Waals surface area contributed by atoms with Gasteiger partial charge in [-0.05, 0) is 23.8 Å². The highest BCUT2D eigenvalue weighted by Crippen LogP contribution is 2.11. The number of primary amides is 1. The lowest BCUT2D eigenvalue weighted by atomic mass is 10.2. The summed E-state index contributed by atoms with van der Waals surface area (Å²) in [6.07, 6.45) is 2.95. The molecule has 2 N–H and O–H groups in total. The van der Waals surface area contributed by atoms with Crippen LogP contribution < -0.4 is 5.73 Å². The van der Waals surface area contributed by atoms with Gasteiger partial charge in [0.05, 0.1) is 18.9 Å². The number of rotatable bonds is 4. The van der Waals surface area contributed by atoms with Crippen LogP contribution in [-0.2, 0) is 4.74 Å². The molecule has 2 rings (SSSR count). The van der Waals surface area contributed by atoms with Gasteiger partial charge in [0.2, 0.25) is 0 Å². The molecule has 1 amide bonds. The summed E-state index contributed by atoms with van der Waals surface area (Å²) < 4.78 is 6.80. The molecule has 0 fully saturated rings. The summed E-state index contributed by atoms with van der Waals surface area (Å²) in [5.74, 6) is -1.24. The molecule has 1 aromatic heterocycles. The molecule has 0 saturated heterocycles. The summed E-state index contributed by atoms with van der Waals surface area (Å²) in [5.41, 5.74) is 6.41. The van der Waals surface area contributed by atoms with Crippen LogP contribution >= 0.6 is 15.9 Å². The molecule has 0 bridgehead atoms. The van der Waals surface area contributed by atoms with Gasteiger partial charge >= 0.3 is 5.97 Å². The third-order valence-electron chi connectivity index (χ3n) is 2.68. The van der Waals surface area contributed by atoms with E-state index in [0.717, 1.165) is 10.0 Å². The second kappa shape index (κ2) is 6.36. The standard InChI is InChI=1S/C14H12BrN3O3/c1-21-14(20)10-6-12(13(16)19)18(8-10)17-7-9-2-4-11(15)5-3-9/h2-8H,1H3,(H2,16,19)/b17-7+. The number of aromatic nitrogens is 1. The van der Waals surface area contributed by atoms with Crippen LogP contribution in [0.25, 0.3) is 0 Å². The van der Waals surface area contributed by atoms with Gasteiger partial charge in [0.1, 0.15) is 5.69 Å². The second-order valence-corrected chi connectivity index (χ2v) is 5.03. The lowest BCUT2D eigenvalue weighted by molar-refractivity contribution is 0.0600. The molecule has 0 saturated carbocycles. The molecule has 2 aromatic rings. The quantitative estimate of drug-likeness (QED) is 0.676. The molecule has 6 nitrogen and oxygen atoms in total. The minimum absolute atomic E-state index is 0.101. The molecule has 1 heterocycles. The number of carbonyl (C=O) groups excluding carboxylic acids is 2. The van der Waals surface area contributed by atoms with E-state index in [4.69, 9.17) is 5.73 Å². The Hall–Kier alpha value is -2.41. The van der Waals surface area contributed by atoms with Crippen molar-refractivity contribution >= 4 is 34.0 Å². The first kappa shape index (κ1) is 15.0. The Bertz CT molecular complexity index is 705. The number of hydrogen-bond acceptors (Lipinski definition) is 4. The number of benzene rings is 1. The zero-order valence-electron chi connectivity index (χ0n) is 11.1. The molecule has 7 heteroatoms. The Morgan fingerprint density at radius 1 is 1.33 bits per heavy atom. The fraction of sp³-hybridized carbons (Fsp3) is 0.0714. The average molecular weight is 350 g/mol. The van der Waals surface area contributed by atoms with Crippen molar-refractivity contribution in [2.45, 2.75) is 0 Å². The molecular weight excluding hydrogens is 338 g/mol. The summed E-state index contributed by atoms with van der Waals surface area (Å²) in [4.78, 5) is 22.8. The van der Waals surface area contributed by atoms with Crippen molar-refractivity contribution in [1.29, 1.82) is 0 Å². The Morgan fingerprint density at radius 3 is 2.57 bits per heavy atom. The van der Waals surface area contributed by atoms with Gasteiger partial charge in [-0.2, -0.15) is 5.10 Å². The summed E-state index contributed by atoms with van der Waals surface area (Å²) in [5, 5.41) is 4.13. The van der Waals surface area contributed by atoms with Crippen LogP contribution in [0.5, 0.6) is 0 Å². The molecule has 1 aromatic carbocycles. The molecule has 0 radical (unpaired) electrons. The van der Waals surface area contributed by atoms with E-state index < -0.39 is 11.9 Å². The van der Waals surface area contributed by atoms with Gasteiger partial charge in [-0.1, -0.05) is 28.1 Å². The van der Waals surface area contributed by atoms with E-state index in [0.29, 0.717) is 0 Å². The minimum Gasteiger partial charge on any atom is -0.465 e. The molecule has 0 aliphatic heterocycles. The zero-order chi connectivity index (χ0) is 15.4. The highest BCUT2D eigenvalue weighted by Gasteiger charge is 2.15. The van der Waals surface area contributed by atoms with Gasteiger partial charge in [0.15, 0.2) is 0 Å². The molecule has 0 spiro atoms. The van der Waals surface area contributed by atoms with Crippen molar-refractivity contribution in [2.75, 3.05) is 7.11 Å². The predicted molar refractivity (Wildman–Crippen MR) is 81.4 cm³/mol. The van der Waals surface area contributed by atoms with Gasteiger partial charge in [0, 0.05) is 10.7 Å². The fourth-order valence-corrected chi connectivity index (χ4v) is 1.90. The number of nitrogens with zero attached hydrogens (tertiary/aromatic N) is 2. The van der Waals surface area contributed by atoms with E-state index in [-0.39, 0.29) is 11.3 Å². The lowest BCUT2D eigenvalue weighted by Gasteiger charge is -1.98. The first-order chi connectivity index (χ1) is 10.0. The normalized spacial score (nSPS) is 10.8. The number of hydrogen-bond donors (Lipinski definition) is 1. The molecular formula is C14H12BrN3O3. The largest absolute Gasteiger partial charge is 0.465 e. The van der Waals surface area contributed by atoms with Crippen molar-refractivity contribution in [3.63, 3.8) is 0 Å². The van der Waals surface area contributed by atoms with Crippen LogP contribution in [0.3, 0.4) is 0 Å². The smallest absolute Gasteiger partial charge is 0.339 e. The van der Waals surface area contributed by atoms with E-state index >= 15 is 0 Å². The van der Waals surface area contributed by atoms with Gasteiger partial charge in [-0.25, -0.2) is 9.47 Å². The zero-order valence-corrected chi connectivity index (χ0v) is 12.7. The number of carbonyl (C=O) groups is 2. The molecule has 0 atom stereocenters. The summed E-state index contributed by atoms with van der Waals surface area (Å²) in [6.45, 7) is 0. The van der Waals surface area contributed by atoms with Gasteiger partial charge in [0.25, 0.3) is 5.91 Å². The summed E-state index contributed by atoms with van der Waals surface area (Å²) >= 11 is 3.34. The van der Waals surface area contributed by atoms with Crippen LogP contribution in [0.2, 0.25) is 0 Å². The lowest BCUT2D eigenvalue weighted by Crippen LogP contribution is -2.14. The van der Waals surface area contributed by atoms with E-state index in [1.165, 1.54) is 24.0 Å². The maximum absolute atomic E-state index is 11.5. The van der Waals surface area contributed by atoms with Crippen LogP contribution in [0.4, 0.5) is 0 Å². The second-order valence-electron chi connectivity index (χ2n) is 4.11. The number of ether oxygens (including phenoxy) is 1. The van der Waals surface area contributed by atoms with E-state index in [1.807, 2.05) is 24.3 Å². The van der Waals surface area contributed by atoms with E-state index in [1.54, 1.807) is 6.21 Å². The van der Waals surface area contributed by atoms with Crippen LogP contribution in [-0.4, -0.2) is 29.9 Å². The first-order valence-corrected chi connectivity index (χ1v) is 6.71. The van der Waals surface area contributed by atoms with Crippen LogP contribution in [0, 0.1) is 0 Å². The van der Waals surface area contributed by atoms with Crippen LogP contribution in [0.15, 0.2) is 46.1 Å². The summed E-state index contributed by atoms with van der Waals surface area (Å²) in [6, 6.07) is 8.77. The van der Waals surface area contributed by atoms with Gasteiger partial charge in [-0.15, -0.1) is 0 Å². The monoisotopic (exact) mass is 349 g/mol. The van der Waals surface area contributed by atoms with Crippen molar-refractivity contribution in [3.8, 4) is 0 Å². The minimum atomic E-state index is -0.682. The Morgan fingerprint density at radius 2 is 2.00 bits per heavy atom. The molecule has 108 valence electrons. The summed E-state index contributed by atoms with van der Waals surface area (Å²) in [7, 11) is 1.26. The Balaban J connectivity index is 2.33. The van der Waals surface area contributed by atoms with Crippen molar-refractivity contribution in [3.05, 3.63) is 57.8 Å². The number of esters is 1. The molecule has 0 aliphatic carbocycles. The van der Waals surface area contributed by atoms with Crippen molar-refractivity contribution in [1.82, 2.24) is 4.68 Å². The SMILES string of the molecule is COC(=O)c1cc(C(N)=O)n(/N=C/c2ccc(Br)cc2)c1. The van der Waals surface area contributed by atoms with Crippen molar-refractivity contribution in [2.24, 2.45) is 10.8 Å². The maximum Gasteiger partial charge on any atom is 0.339 e. The molecule has 0 unspecified atom stereocenters. The molecule has 0 aliphatic rings. The van der Waals surface area contributed by atoms with Gasteiger partial charge in [-0.3, -0.25) is 4.79 Å². The molecule has 21 heavy (non-hydrogen) atoms. The Labute approximate surface area is 129 Å². The highest BCUT2D eigenvalue weighted by molar-refractivity contribution is 9.10. The third-order valence-corrected chi connectivity index (χ3v) is 3.20. The van der Waals surface area contributed by atoms with Crippen molar-refractivity contribution < 1.29 is 14.3 Å². The number of halogens is 1. The first-order valence-electron chi connectivity index (χ1n) is 5.91. The number of methoxy groups -OCH3 is 1. The van der Waals surface area contributed by atoms with Gasteiger partial charge < -0.3 is 10.5 Å². The number of amides is 1. The predicted octanol–water partition coefficient (Wildman–Crippen LogP) is 2.02. The maximum atomic E-state index is 11.5. The van der Waals surface area contributed by atoms with Crippen LogP contribution in [0.1, 0.15) is 26.4 Å². The van der Waals surface area contributed by atoms with E-state index in [2.05, 4.69) is 25.8 Å². The third kappa shape index (κ3) is 3.57. The van der Waals surface area contributed by atoms with E-state index in [9.17, 15) is 9.59 Å². The number of nitrogens with two attached hydrogens (primary N) is 1. The average Bonchev–Trinajstić information content (AvgIpc) is 2.90. The highest BCUT2D eigenvalue weighted by atomic mass is 79.9. The fourth-order valence-electron chi connectivity index (χ4n) is 1.64.